The highest BCUT2D eigenvalue weighted by molar-refractivity contribution is 7.11. The van der Waals surface area contributed by atoms with Crippen LogP contribution >= 0.6 is 11.3 Å². The third kappa shape index (κ3) is 6.05. The van der Waals surface area contributed by atoms with Gasteiger partial charge in [-0.1, -0.05) is 33.1 Å². The molecular formula is C14H25N3S. The largest absolute Gasteiger partial charge is 0.370 e. The van der Waals surface area contributed by atoms with E-state index in [-0.39, 0.29) is 0 Å². The Morgan fingerprint density at radius 1 is 1.22 bits per heavy atom. The number of unbranched alkanes of at least 4 members (excludes halogenated alkanes) is 3. The number of aliphatic imine (C=N–C) groups is 1. The van der Waals surface area contributed by atoms with Gasteiger partial charge >= 0.3 is 0 Å². The fourth-order valence-electron chi connectivity index (χ4n) is 1.68. The monoisotopic (exact) mass is 267 g/mol. The van der Waals surface area contributed by atoms with Crippen molar-refractivity contribution in [1.29, 1.82) is 0 Å². The highest BCUT2D eigenvalue weighted by Gasteiger charge is 1.98. The SMILES string of the molecule is CCCCCCNC(N)=NCc1ccc(CC)s1. The van der Waals surface area contributed by atoms with E-state index in [2.05, 4.69) is 36.3 Å². The molecule has 3 nitrogen and oxygen atoms in total. The Hall–Kier alpha value is -1.03. The van der Waals surface area contributed by atoms with E-state index in [9.17, 15) is 0 Å². The van der Waals surface area contributed by atoms with Gasteiger partial charge in [0.25, 0.3) is 0 Å². The zero-order valence-corrected chi connectivity index (χ0v) is 12.4. The molecule has 0 spiro atoms. The van der Waals surface area contributed by atoms with Gasteiger partial charge in [-0.3, -0.25) is 0 Å². The maximum atomic E-state index is 5.82. The van der Waals surface area contributed by atoms with E-state index >= 15 is 0 Å². The maximum Gasteiger partial charge on any atom is 0.188 e. The van der Waals surface area contributed by atoms with Gasteiger partial charge in [-0.25, -0.2) is 4.99 Å². The van der Waals surface area contributed by atoms with Crippen LogP contribution in [0.3, 0.4) is 0 Å². The first-order valence-corrected chi connectivity index (χ1v) is 7.69. The van der Waals surface area contributed by atoms with Crippen LogP contribution < -0.4 is 11.1 Å². The molecule has 0 aliphatic heterocycles. The van der Waals surface area contributed by atoms with E-state index in [4.69, 9.17) is 5.73 Å². The number of nitrogens with zero attached hydrogens (tertiary/aromatic N) is 1. The van der Waals surface area contributed by atoms with Crippen molar-refractivity contribution in [1.82, 2.24) is 5.32 Å². The van der Waals surface area contributed by atoms with Crippen LogP contribution in [0.4, 0.5) is 0 Å². The van der Waals surface area contributed by atoms with Gasteiger partial charge in [0, 0.05) is 16.3 Å². The highest BCUT2D eigenvalue weighted by atomic mass is 32.1. The van der Waals surface area contributed by atoms with Gasteiger partial charge in [0.2, 0.25) is 0 Å². The summed E-state index contributed by atoms with van der Waals surface area (Å²) in [5, 5.41) is 3.16. The second kappa shape index (κ2) is 8.97. The van der Waals surface area contributed by atoms with Crippen molar-refractivity contribution in [3.63, 3.8) is 0 Å². The Morgan fingerprint density at radius 2 is 2.00 bits per heavy atom. The summed E-state index contributed by atoms with van der Waals surface area (Å²) >= 11 is 1.82. The maximum absolute atomic E-state index is 5.82. The summed E-state index contributed by atoms with van der Waals surface area (Å²) in [5.41, 5.74) is 5.82. The number of nitrogens with two attached hydrogens (primary N) is 1. The van der Waals surface area contributed by atoms with Crippen molar-refractivity contribution in [3.8, 4) is 0 Å². The first-order chi connectivity index (χ1) is 8.76. The fourth-order valence-corrected chi connectivity index (χ4v) is 2.57. The van der Waals surface area contributed by atoms with Crippen molar-refractivity contribution >= 4 is 17.3 Å². The first-order valence-electron chi connectivity index (χ1n) is 6.87. The molecule has 0 atom stereocenters. The van der Waals surface area contributed by atoms with Crippen molar-refractivity contribution in [2.45, 2.75) is 52.5 Å². The van der Waals surface area contributed by atoms with E-state index in [0.29, 0.717) is 12.5 Å². The standard InChI is InChI=1S/C14H25N3S/c1-3-5-6-7-10-16-14(15)17-11-13-9-8-12(4-2)18-13/h8-9H,3-7,10-11H2,1-2H3,(H3,15,16,17). The second-order valence-electron chi connectivity index (χ2n) is 4.41. The number of guanidine groups is 1. The molecular weight excluding hydrogens is 242 g/mol. The number of hydrogen-bond donors (Lipinski definition) is 2. The third-order valence-corrected chi connectivity index (χ3v) is 4.02. The van der Waals surface area contributed by atoms with Crippen molar-refractivity contribution in [2.75, 3.05) is 6.54 Å². The Labute approximate surface area is 115 Å². The summed E-state index contributed by atoms with van der Waals surface area (Å²) in [5.74, 6) is 0.568. The number of rotatable bonds is 8. The number of thiophene rings is 1. The minimum Gasteiger partial charge on any atom is -0.370 e. The molecule has 0 bridgehead atoms. The Morgan fingerprint density at radius 3 is 2.67 bits per heavy atom. The Kier molecular flexibility index (Phi) is 7.49. The molecule has 0 saturated heterocycles. The van der Waals surface area contributed by atoms with Crippen molar-refractivity contribution in [3.05, 3.63) is 21.9 Å². The topological polar surface area (TPSA) is 50.4 Å². The molecule has 1 aromatic heterocycles. The smallest absolute Gasteiger partial charge is 0.188 e. The minimum absolute atomic E-state index is 0.568. The molecule has 0 saturated carbocycles. The molecule has 0 fully saturated rings. The van der Waals surface area contributed by atoms with Gasteiger partial charge in [-0.15, -0.1) is 11.3 Å². The average Bonchev–Trinajstić information content (AvgIpc) is 2.84. The molecule has 0 aromatic carbocycles. The normalized spacial score (nSPS) is 11.8. The average molecular weight is 267 g/mol. The van der Waals surface area contributed by atoms with Crippen molar-refractivity contribution in [2.24, 2.45) is 10.7 Å². The minimum atomic E-state index is 0.568. The van der Waals surface area contributed by atoms with E-state index in [1.54, 1.807) is 0 Å². The molecule has 1 rings (SSSR count). The van der Waals surface area contributed by atoms with Gasteiger partial charge in [-0.2, -0.15) is 0 Å². The molecule has 0 radical (unpaired) electrons. The molecule has 1 aromatic rings. The molecule has 0 aliphatic rings. The summed E-state index contributed by atoms with van der Waals surface area (Å²) < 4.78 is 0. The van der Waals surface area contributed by atoms with E-state index < -0.39 is 0 Å². The highest BCUT2D eigenvalue weighted by Crippen LogP contribution is 2.17. The molecule has 0 amide bonds. The summed E-state index contributed by atoms with van der Waals surface area (Å²) in [4.78, 5) is 7.04. The van der Waals surface area contributed by atoms with Gasteiger partial charge < -0.3 is 11.1 Å². The lowest BCUT2D eigenvalue weighted by Crippen LogP contribution is -2.32. The summed E-state index contributed by atoms with van der Waals surface area (Å²) in [6.07, 6.45) is 6.10. The Balaban J connectivity index is 2.20. The van der Waals surface area contributed by atoms with Gasteiger partial charge in [0.05, 0.1) is 6.54 Å². The van der Waals surface area contributed by atoms with Crippen LogP contribution in [-0.4, -0.2) is 12.5 Å². The Bertz CT molecular complexity index is 358. The zero-order chi connectivity index (χ0) is 13.2. The van der Waals surface area contributed by atoms with E-state index in [1.807, 2.05) is 11.3 Å². The lowest BCUT2D eigenvalue weighted by Gasteiger charge is -2.04. The number of hydrogen-bond acceptors (Lipinski definition) is 2. The predicted octanol–water partition coefficient (Wildman–Crippen LogP) is 3.30. The van der Waals surface area contributed by atoms with Crippen LogP contribution in [0.1, 0.15) is 49.3 Å². The second-order valence-corrected chi connectivity index (χ2v) is 5.66. The quantitative estimate of drug-likeness (QED) is 0.431. The molecule has 1 heterocycles. The van der Waals surface area contributed by atoms with Gasteiger partial charge in [-0.05, 0) is 25.0 Å². The van der Waals surface area contributed by atoms with Crippen LogP contribution in [0.15, 0.2) is 17.1 Å². The fraction of sp³-hybridized carbons (Fsp3) is 0.643. The molecule has 102 valence electrons. The first kappa shape index (κ1) is 15.0. The molecule has 18 heavy (non-hydrogen) atoms. The van der Waals surface area contributed by atoms with Crippen molar-refractivity contribution < 1.29 is 0 Å². The van der Waals surface area contributed by atoms with Crippen LogP contribution in [0, 0.1) is 0 Å². The van der Waals surface area contributed by atoms with Gasteiger partial charge in [0.1, 0.15) is 0 Å². The van der Waals surface area contributed by atoms with E-state index in [0.717, 1.165) is 13.0 Å². The third-order valence-electron chi connectivity index (χ3n) is 2.81. The lowest BCUT2D eigenvalue weighted by atomic mass is 10.2. The molecule has 3 N–H and O–H groups in total. The van der Waals surface area contributed by atoms with E-state index in [1.165, 1.54) is 35.4 Å². The zero-order valence-electron chi connectivity index (χ0n) is 11.5. The molecule has 0 unspecified atom stereocenters. The predicted molar refractivity (Wildman–Crippen MR) is 81.2 cm³/mol. The molecule has 4 heteroatoms. The summed E-state index contributed by atoms with van der Waals surface area (Å²) in [7, 11) is 0. The van der Waals surface area contributed by atoms with Crippen LogP contribution in [0.5, 0.6) is 0 Å². The summed E-state index contributed by atoms with van der Waals surface area (Å²) in [6.45, 7) is 6.01. The molecule has 0 aliphatic carbocycles. The van der Waals surface area contributed by atoms with Crippen LogP contribution in [0.2, 0.25) is 0 Å². The number of nitrogens with one attached hydrogen (secondary N) is 1. The van der Waals surface area contributed by atoms with Crippen LogP contribution in [0.25, 0.3) is 0 Å². The van der Waals surface area contributed by atoms with Crippen LogP contribution in [-0.2, 0) is 13.0 Å². The lowest BCUT2D eigenvalue weighted by molar-refractivity contribution is 0.652. The summed E-state index contributed by atoms with van der Waals surface area (Å²) in [6, 6.07) is 4.31. The number of aryl methyl sites for hydroxylation is 1. The van der Waals surface area contributed by atoms with Gasteiger partial charge in [0.15, 0.2) is 5.96 Å².